The van der Waals surface area contributed by atoms with E-state index in [1.165, 1.54) is 12.1 Å². The van der Waals surface area contributed by atoms with Crippen LogP contribution in [0, 0.1) is 12.7 Å². The second kappa shape index (κ2) is 6.54. The number of nitrogens with zero attached hydrogens (tertiary/aromatic N) is 1. The Hall–Kier alpha value is -3.15. The van der Waals surface area contributed by atoms with Crippen LogP contribution in [-0.2, 0) is 0 Å². The van der Waals surface area contributed by atoms with Crippen LogP contribution in [0.1, 0.15) is 16.1 Å². The molecule has 1 aromatic heterocycles. The van der Waals surface area contributed by atoms with Gasteiger partial charge in [-0.05, 0) is 30.7 Å². The van der Waals surface area contributed by atoms with Crippen molar-refractivity contribution in [1.82, 2.24) is 5.16 Å². The van der Waals surface area contributed by atoms with E-state index >= 15 is 0 Å². The number of hydrogen-bond donors (Lipinski definition) is 1. The van der Waals surface area contributed by atoms with E-state index in [-0.39, 0.29) is 11.5 Å². The second-order valence-corrected chi connectivity index (χ2v) is 5.23. The number of ether oxygens (including phenoxy) is 1. The highest BCUT2D eigenvalue weighted by Crippen LogP contribution is 2.23. The second-order valence-electron chi connectivity index (χ2n) is 5.23. The number of benzene rings is 2. The van der Waals surface area contributed by atoms with Crippen LogP contribution in [0.25, 0.3) is 11.3 Å². The molecular weight excluding hydrogens is 311 g/mol. The van der Waals surface area contributed by atoms with Gasteiger partial charge in [-0.15, -0.1) is 0 Å². The third-order valence-corrected chi connectivity index (χ3v) is 3.53. The minimum Gasteiger partial charge on any atom is -0.497 e. The van der Waals surface area contributed by atoms with E-state index in [9.17, 15) is 9.18 Å². The standard InChI is InChI=1S/C18H15FN2O3/c1-11-6-7-12(8-15(11)19)17-10-16(21-24-17)18(22)20-13-4-3-5-14(9-13)23-2/h3-10H,1-2H3,(H,20,22). The number of aryl methyl sites for hydroxylation is 1. The average molecular weight is 326 g/mol. The van der Waals surface area contributed by atoms with E-state index < -0.39 is 5.91 Å². The highest BCUT2D eigenvalue weighted by molar-refractivity contribution is 6.03. The molecule has 1 N–H and O–H groups in total. The number of anilines is 1. The van der Waals surface area contributed by atoms with Crippen molar-refractivity contribution < 1.29 is 18.4 Å². The SMILES string of the molecule is COc1cccc(NC(=O)c2cc(-c3ccc(C)c(F)c3)on2)c1. The Morgan fingerprint density at radius 3 is 2.79 bits per heavy atom. The number of nitrogens with one attached hydrogen (secondary N) is 1. The van der Waals surface area contributed by atoms with Gasteiger partial charge < -0.3 is 14.6 Å². The van der Waals surface area contributed by atoms with Crippen molar-refractivity contribution in [1.29, 1.82) is 0 Å². The fourth-order valence-corrected chi connectivity index (χ4v) is 2.16. The van der Waals surface area contributed by atoms with Crippen LogP contribution in [0.5, 0.6) is 5.75 Å². The van der Waals surface area contributed by atoms with Crippen LogP contribution in [0.15, 0.2) is 53.1 Å². The lowest BCUT2D eigenvalue weighted by Gasteiger charge is -2.04. The summed E-state index contributed by atoms with van der Waals surface area (Å²) in [5.74, 6) is 0.186. The maximum atomic E-state index is 13.6. The zero-order valence-electron chi connectivity index (χ0n) is 13.2. The van der Waals surface area contributed by atoms with Crippen molar-refractivity contribution in [2.45, 2.75) is 6.92 Å². The Bertz CT molecular complexity index is 889. The van der Waals surface area contributed by atoms with Gasteiger partial charge in [0.25, 0.3) is 5.91 Å². The minimum absolute atomic E-state index is 0.105. The molecule has 0 aliphatic rings. The molecule has 24 heavy (non-hydrogen) atoms. The van der Waals surface area contributed by atoms with Crippen LogP contribution in [0.2, 0.25) is 0 Å². The van der Waals surface area contributed by atoms with Crippen molar-refractivity contribution in [3.8, 4) is 17.1 Å². The summed E-state index contributed by atoms with van der Waals surface area (Å²) >= 11 is 0. The number of rotatable bonds is 4. The Morgan fingerprint density at radius 1 is 1.21 bits per heavy atom. The molecule has 3 rings (SSSR count). The molecule has 5 nitrogen and oxygen atoms in total. The normalized spacial score (nSPS) is 10.5. The van der Waals surface area contributed by atoms with Gasteiger partial charge in [0.1, 0.15) is 11.6 Å². The molecule has 0 atom stereocenters. The molecule has 6 heteroatoms. The van der Waals surface area contributed by atoms with Gasteiger partial charge in [-0.1, -0.05) is 23.4 Å². The quantitative estimate of drug-likeness (QED) is 0.785. The number of methoxy groups -OCH3 is 1. The van der Waals surface area contributed by atoms with E-state index in [4.69, 9.17) is 9.26 Å². The largest absolute Gasteiger partial charge is 0.497 e. The Morgan fingerprint density at radius 2 is 2.04 bits per heavy atom. The predicted octanol–water partition coefficient (Wildman–Crippen LogP) is 4.05. The third-order valence-electron chi connectivity index (χ3n) is 3.53. The van der Waals surface area contributed by atoms with Gasteiger partial charge in [0.05, 0.1) is 7.11 Å². The Labute approximate surface area is 138 Å². The first-order valence-corrected chi connectivity index (χ1v) is 7.25. The zero-order chi connectivity index (χ0) is 17.1. The molecule has 0 unspecified atom stereocenters. The monoisotopic (exact) mass is 326 g/mol. The van der Waals surface area contributed by atoms with Gasteiger partial charge in [-0.3, -0.25) is 4.79 Å². The Kier molecular flexibility index (Phi) is 4.29. The van der Waals surface area contributed by atoms with E-state index in [0.29, 0.717) is 28.3 Å². The molecule has 1 heterocycles. The zero-order valence-corrected chi connectivity index (χ0v) is 13.2. The maximum Gasteiger partial charge on any atom is 0.277 e. The van der Waals surface area contributed by atoms with Gasteiger partial charge in [0, 0.05) is 23.4 Å². The van der Waals surface area contributed by atoms with Crippen LogP contribution >= 0.6 is 0 Å². The number of amides is 1. The van der Waals surface area contributed by atoms with Crippen molar-refractivity contribution >= 4 is 11.6 Å². The van der Waals surface area contributed by atoms with Gasteiger partial charge in [0.15, 0.2) is 11.5 Å². The van der Waals surface area contributed by atoms with Gasteiger partial charge in [0.2, 0.25) is 0 Å². The van der Waals surface area contributed by atoms with Crippen LogP contribution < -0.4 is 10.1 Å². The minimum atomic E-state index is -0.425. The van der Waals surface area contributed by atoms with E-state index in [1.54, 1.807) is 50.4 Å². The summed E-state index contributed by atoms with van der Waals surface area (Å²) in [6, 6.07) is 13.1. The van der Waals surface area contributed by atoms with Crippen LogP contribution in [0.3, 0.4) is 0 Å². The molecule has 0 saturated heterocycles. The lowest BCUT2D eigenvalue weighted by Crippen LogP contribution is -2.12. The van der Waals surface area contributed by atoms with Crippen LogP contribution in [0.4, 0.5) is 10.1 Å². The average Bonchev–Trinajstić information content (AvgIpc) is 3.08. The predicted molar refractivity (Wildman–Crippen MR) is 87.6 cm³/mol. The molecule has 0 fully saturated rings. The smallest absolute Gasteiger partial charge is 0.277 e. The highest BCUT2D eigenvalue weighted by atomic mass is 19.1. The first-order valence-electron chi connectivity index (χ1n) is 7.25. The van der Waals surface area contributed by atoms with E-state index in [1.807, 2.05) is 0 Å². The molecular formula is C18H15FN2O3. The van der Waals surface area contributed by atoms with E-state index in [0.717, 1.165) is 0 Å². The number of halogens is 1. The number of carbonyl (C=O) groups excluding carboxylic acids is 1. The summed E-state index contributed by atoms with van der Waals surface area (Å²) in [5, 5.41) is 6.45. The Balaban J connectivity index is 1.79. The fourth-order valence-electron chi connectivity index (χ4n) is 2.16. The third kappa shape index (κ3) is 3.27. The molecule has 1 amide bonds. The molecule has 3 aromatic rings. The van der Waals surface area contributed by atoms with Crippen LogP contribution in [-0.4, -0.2) is 18.2 Å². The molecule has 0 aliphatic carbocycles. The maximum absolute atomic E-state index is 13.6. The first-order chi connectivity index (χ1) is 11.6. The summed E-state index contributed by atoms with van der Waals surface area (Å²) in [6.45, 7) is 1.67. The molecule has 0 saturated carbocycles. The van der Waals surface area contributed by atoms with Gasteiger partial charge in [-0.2, -0.15) is 0 Å². The molecule has 0 aliphatic heterocycles. The highest BCUT2D eigenvalue weighted by Gasteiger charge is 2.15. The fraction of sp³-hybridized carbons (Fsp3) is 0.111. The van der Waals surface area contributed by atoms with Gasteiger partial charge >= 0.3 is 0 Å². The topological polar surface area (TPSA) is 64.4 Å². The van der Waals surface area contributed by atoms with Gasteiger partial charge in [-0.25, -0.2) is 4.39 Å². The lowest BCUT2D eigenvalue weighted by atomic mass is 10.1. The number of carbonyl (C=O) groups is 1. The number of aromatic nitrogens is 1. The summed E-state index contributed by atoms with van der Waals surface area (Å²) in [6.07, 6.45) is 0. The molecule has 0 spiro atoms. The summed E-state index contributed by atoms with van der Waals surface area (Å²) in [4.78, 5) is 12.2. The lowest BCUT2D eigenvalue weighted by molar-refractivity contribution is 0.101. The number of hydrogen-bond acceptors (Lipinski definition) is 4. The van der Waals surface area contributed by atoms with Crippen molar-refractivity contribution in [3.05, 3.63) is 65.6 Å². The molecule has 0 radical (unpaired) electrons. The molecule has 0 bridgehead atoms. The first kappa shape index (κ1) is 15.7. The summed E-state index contributed by atoms with van der Waals surface area (Å²) in [7, 11) is 1.55. The summed E-state index contributed by atoms with van der Waals surface area (Å²) in [5.41, 5.74) is 1.74. The van der Waals surface area contributed by atoms with Crippen molar-refractivity contribution in [2.75, 3.05) is 12.4 Å². The van der Waals surface area contributed by atoms with Crippen molar-refractivity contribution in [3.63, 3.8) is 0 Å². The summed E-state index contributed by atoms with van der Waals surface area (Å²) < 4.78 is 23.9. The molecule has 122 valence electrons. The van der Waals surface area contributed by atoms with E-state index in [2.05, 4.69) is 10.5 Å². The van der Waals surface area contributed by atoms with Crippen molar-refractivity contribution in [2.24, 2.45) is 0 Å². The molecule has 2 aromatic carbocycles.